The third-order valence-corrected chi connectivity index (χ3v) is 4.45. The van der Waals surface area contributed by atoms with Gasteiger partial charge >= 0.3 is 0 Å². The van der Waals surface area contributed by atoms with Gasteiger partial charge in [-0.15, -0.1) is 0 Å². The zero-order valence-corrected chi connectivity index (χ0v) is 14.6. The lowest BCUT2D eigenvalue weighted by Crippen LogP contribution is -2.20. The number of anilines is 1. The summed E-state index contributed by atoms with van der Waals surface area (Å²) in [7, 11) is 0. The van der Waals surface area contributed by atoms with E-state index >= 15 is 0 Å². The van der Waals surface area contributed by atoms with E-state index in [0.29, 0.717) is 30.4 Å². The van der Waals surface area contributed by atoms with Gasteiger partial charge in [-0.25, -0.2) is 4.39 Å². The summed E-state index contributed by atoms with van der Waals surface area (Å²) in [6.45, 7) is 1.01. The molecule has 1 atom stereocenters. The molecule has 0 aliphatic carbocycles. The van der Waals surface area contributed by atoms with E-state index < -0.39 is 0 Å². The number of carbonyl (C=O) groups excluding carboxylic acids is 1. The number of ether oxygens (including phenoxy) is 2. The van der Waals surface area contributed by atoms with Crippen molar-refractivity contribution >= 4 is 11.6 Å². The van der Waals surface area contributed by atoms with Gasteiger partial charge in [-0.05, 0) is 42.0 Å². The fraction of sp³-hybridized carbons (Fsp3) is 0.190. The maximum Gasteiger partial charge on any atom is 0.226 e. The molecule has 0 saturated heterocycles. The normalized spacial score (nSPS) is 13.8. The first kappa shape index (κ1) is 17.1. The van der Waals surface area contributed by atoms with Crippen LogP contribution in [0.5, 0.6) is 11.5 Å². The van der Waals surface area contributed by atoms with E-state index in [0.717, 1.165) is 5.56 Å². The number of amides is 1. The van der Waals surface area contributed by atoms with Crippen molar-refractivity contribution in [1.29, 1.82) is 0 Å². The Morgan fingerprint density at radius 1 is 1.04 bits per heavy atom. The molecule has 1 N–H and O–H groups in total. The molecule has 6 heteroatoms. The first-order chi connectivity index (χ1) is 13.2. The van der Waals surface area contributed by atoms with Crippen LogP contribution in [0.3, 0.4) is 0 Å². The second-order valence-corrected chi connectivity index (χ2v) is 6.31. The second kappa shape index (κ2) is 7.53. The summed E-state index contributed by atoms with van der Waals surface area (Å²) in [6.07, 6.45) is 4.01. The van der Waals surface area contributed by atoms with Crippen LogP contribution in [0.2, 0.25) is 0 Å². The molecular formula is C21H19FN2O3. The molecule has 3 aromatic rings. The van der Waals surface area contributed by atoms with Crippen molar-refractivity contribution in [1.82, 2.24) is 4.57 Å². The van der Waals surface area contributed by atoms with Crippen molar-refractivity contribution in [3.63, 3.8) is 0 Å². The number of nitrogens with zero attached hydrogens (tertiary/aromatic N) is 1. The predicted octanol–water partition coefficient (Wildman–Crippen LogP) is 4.02. The highest BCUT2D eigenvalue weighted by atomic mass is 19.1. The fourth-order valence-corrected chi connectivity index (χ4v) is 3.14. The molecule has 138 valence electrons. The minimum atomic E-state index is -0.300. The molecule has 1 aliphatic heterocycles. The first-order valence-electron chi connectivity index (χ1n) is 8.76. The molecule has 0 radical (unpaired) electrons. The van der Waals surface area contributed by atoms with Crippen LogP contribution in [-0.4, -0.2) is 23.7 Å². The number of rotatable bonds is 5. The number of hydrogen-bond acceptors (Lipinski definition) is 3. The first-order valence-corrected chi connectivity index (χ1v) is 8.76. The molecule has 2 heterocycles. The molecule has 2 aromatic carbocycles. The molecule has 1 aromatic heterocycles. The minimum Gasteiger partial charge on any atom is -0.486 e. The molecule has 4 rings (SSSR count). The van der Waals surface area contributed by atoms with Gasteiger partial charge in [-0.1, -0.05) is 12.1 Å². The van der Waals surface area contributed by atoms with E-state index in [2.05, 4.69) is 5.32 Å². The molecule has 0 bridgehead atoms. The van der Waals surface area contributed by atoms with Gasteiger partial charge < -0.3 is 19.4 Å². The molecule has 0 spiro atoms. The van der Waals surface area contributed by atoms with Gasteiger partial charge in [-0.2, -0.15) is 0 Å². The Labute approximate surface area is 156 Å². The van der Waals surface area contributed by atoms with E-state index in [4.69, 9.17) is 9.47 Å². The Bertz CT molecular complexity index is 923. The van der Waals surface area contributed by atoms with Crippen molar-refractivity contribution in [2.75, 3.05) is 18.5 Å². The molecule has 1 amide bonds. The quantitative estimate of drug-likeness (QED) is 0.742. The second-order valence-electron chi connectivity index (χ2n) is 6.31. The Balaban J connectivity index is 1.51. The molecule has 0 fully saturated rings. The lowest BCUT2D eigenvalue weighted by molar-refractivity contribution is -0.116. The highest BCUT2D eigenvalue weighted by molar-refractivity contribution is 5.91. The summed E-state index contributed by atoms with van der Waals surface area (Å²) < 4.78 is 26.3. The predicted molar refractivity (Wildman–Crippen MR) is 99.6 cm³/mol. The van der Waals surface area contributed by atoms with Gasteiger partial charge in [0.05, 0.1) is 12.5 Å². The van der Waals surface area contributed by atoms with Gasteiger partial charge in [0.15, 0.2) is 11.5 Å². The number of hydrogen-bond donors (Lipinski definition) is 1. The van der Waals surface area contributed by atoms with Crippen molar-refractivity contribution in [2.45, 2.75) is 12.5 Å². The highest BCUT2D eigenvalue weighted by Gasteiger charge is 2.19. The number of carbonyl (C=O) groups is 1. The molecule has 5 nitrogen and oxygen atoms in total. The number of halogens is 1. The van der Waals surface area contributed by atoms with Crippen LogP contribution in [0.1, 0.15) is 18.0 Å². The summed E-state index contributed by atoms with van der Waals surface area (Å²) in [5.41, 5.74) is 1.51. The van der Waals surface area contributed by atoms with E-state index in [1.54, 1.807) is 30.3 Å². The Kier molecular flexibility index (Phi) is 4.78. The summed E-state index contributed by atoms with van der Waals surface area (Å²) in [6, 6.07) is 15.1. The number of fused-ring (bicyclic) bond motifs is 1. The van der Waals surface area contributed by atoms with E-state index in [-0.39, 0.29) is 24.2 Å². The lowest BCUT2D eigenvalue weighted by Gasteiger charge is -2.21. The Morgan fingerprint density at radius 3 is 2.48 bits per heavy atom. The van der Waals surface area contributed by atoms with Crippen LogP contribution >= 0.6 is 0 Å². The molecule has 1 unspecified atom stereocenters. The largest absolute Gasteiger partial charge is 0.486 e. The average molecular weight is 366 g/mol. The smallest absolute Gasteiger partial charge is 0.226 e. The van der Waals surface area contributed by atoms with Crippen LogP contribution in [0, 0.1) is 5.82 Å². The summed E-state index contributed by atoms with van der Waals surface area (Å²) in [5.74, 6) is 0.857. The topological polar surface area (TPSA) is 52.5 Å². The van der Waals surface area contributed by atoms with Crippen LogP contribution in [0.15, 0.2) is 67.0 Å². The van der Waals surface area contributed by atoms with Gasteiger partial charge in [0.25, 0.3) is 0 Å². The van der Waals surface area contributed by atoms with Crippen molar-refractivity contribution in [3.8, 4) is 11.5 Å². The van der Waals surface area contributed by atoms with Crippen LogP contribution in [0.4, 0.5) is 10.1 Å². The average Bonchev–Trinajstić information content (AvgIpc) is 3.21. The van der Waals surface area contributed by atoms with Crippen LogP contribution in [0.25, 0.3) is 0 Å². The van der Waals surface area contributed by atoms with E-state index in [1.165, 1.54) is 12.1 Å². The molecule has 1 aliphatic rings. The summed E-state index contributed by atoms with van der Waals surface area (Å²) in [5, 5.41) is 2.90. The summed E-state index contributed by atoms with van der Waals surface area (Å²) in [4.78, 5) is 12.7. The zero-order valence-electron chi connectivity index (χ0n) is 14.6. The highest BCUT2D eigenvalue weighted by Crippen LogP contribution is 2.33. The Morgan fingerprint density at radius 2 is 1.74 bits per heavy atom. The zero-order chi connectivity index (χ0) is 18.6. The number of benzene rings is 2. The van der Waals surface area contributed by atoms with Gasteiger partial charge in [0.1, 0.15) is 19.0 Å². The van der Waals surface area contributed by atoms with Crippen LogP contribution < -0.4 is 14.8 Å². The Hall–Kier alpha value is -3.28. The summed E-state index contributed by atoms with van der Waals surface area (Å²) >= 11 is 0. The monoisotopic (exact) mass is 366 g/mol. The maximum atomic E-state index is 13.3. The minimum absolute atomic E-state index is 0.144. The van der Waals surface area contributed by atoms with Crippen molar-refractivity contribution < 1.29 is 18.7 Å². The number of aromatic nitrogens is 1. The third kappa shape index (κ3) is 3.95. The van der Waals surface area contributed by atoms with E-state index in [1.807, 2.05) is 29.1 Å². The maximum absolute atomic E-state index is 13.3. The van der Waals surface area contributed by atoms with Crippen molar-refractivity contribution in [2.24, 2.45) is 0 Å². The van der Waals surface area contributed by atoms with Gasteiger partial charge in [-0.3, -0.25) is 4.79 Å². The van der Waals surface area contributed by atoms with Gasteiger partial charge in [0, 0.05) is 24.1 Å². The lowest BCUT2D eigenvalue weighted by atomic mass is 10.0. The SMILES string of the molecule is O=C(CC(c1ccc(F)cc1)n1cccc1)Nc1ccc2c(c1)OCCO2. The van der Waals surface area contributed by atoms with Crippen molar-refractivity contribution in [3.05, 3.63) is 78.4 Å². The van der Waals surface area contributed by atoms with Crippen LogP contribution in [-0.2, 0) is 4.79 Å². The standard InChI is InChI=1S/C21H19FN2O3/c22-16-5-3-15(4-6-16)18(24-9-1-2-10-24)14-21(25)23-17-7-8-19-20(13-17)27-12-11-26-19/h1-10,13,18H,11-12,14H2,(H,23,25). The fourth-order valence-electron chi connectivity index (χ4n) is 3.14. The number of nitrogens with one attached hydrogen (secondary N) is 1. The van der Waals surface area contributed by atoms with E-state index in [9.17, 15) is 9.18 Å². The molecule has 27 heavy (non-hydrogen) atoms. The molecular weight excluding hydrogens is 347 g/mol. The third-order valence-electron chi connectivity index (χ3n) is 4.45. The molecule has 0 saturated carbocycles. The van der Waals surface area contributed by atoms with Gasteiger partial charge in [0.2, 0.25) is 5.91 Å².